The van der Waals surface area contributed by atoms with E-state index in [4.69, 9.17) is 26.1 Å². The fourth-order valence-electron chi connectivity index (χ4n) is 4.68. The van der Waals surface area contributed by atoms with Crippen LogP contribution < -0.4 is 15.4 Å². The Hall–Kier alpha value is -3.69. The van der Waals surface area contributed by atoms with Crippen LogP contribution in [0, 0.1) is 0 Å². The van der Waals surface area contributed by atoms with Crippen molar-refractivity contribution in [2.75, 3.05) is 19.5 Å². The number of rotatable bonds is 6. The Morgan fingerprint density at radius 3 is 2.89 bits per heavy atom. The number of pyridine rings is 1. The summed E-state index contributed by atoms with van der Waals surface area (Å²) in [7, 11) is 3.18. The summed E-state index contributed by atoms with van der Waals surface area (Å²) in [6.45, 7) is 1.89. The number of nitrogens with zero attached hydrogens (tertiary/aromatic N) is 3. The van der Waals surface area contributed by atoms with Gasteiger partial charge in [0, 0.05) is 36.5 Å². The molecule has 0 unspecified atom stereocenters. The van der Waals surface area contributed by atoms with E-state index in [0.29, 0.717) is 44.6 Å². The monoisotopic (exact) mass is 490 g/mol. The highest BCUT2D eigenvalue weighted by molar-refractivity contribution is 6.32. The largest absolute Gasteiger partial charge is 0.493 e. The molecule has 3 aromatic heterocycles. The normalized spacial score (nSPS) is 19.0. The van der Waals surface area contributed by atoms with Crippen LogP contribution in [0.5, 0.6) is 5.75 Å². The molecule has 35 heavy (non-hydrogen) atoms. The molecule has 3 atom stereocenters. The number of fused-ring (bicyclic) bond motifs is 4. The topological polar surface area (TPSA) is 114 Å². The first-order valence-electron chi connectivity index (χ1n) is 11.3. The Morgan fingerprint density at radius 1 is 1.23 bits per heavy atom. The molecule has 0 bridgehead atoms. The molecule has 1 amide bonds. The second kappa shape index (κ2) is 8.21. The van der Waals surface area contributed by atoms with Gasteiger partial charge in [-0.3, -0.25) is 9.78 Å². The molecule has 1 saturated carbocycles. The second-order valence-electron chi connectivity index (χ2n) is 8.73. The van der Waals surface area contributed by atoms with Crippen LogP contribution in [0.3, 0.4) is 0 Å². The molecule has 1 fully saturated rings. The van der Waals surface area contributed by atoms with Crippen LogP contribution in [0.25, 0.3) is 22.3 Å². The minimum atomic E-state index is -0.282. The highest BCUT2D eigenvalue weighted by Crippen LogP contribution is 2.50. The molecule has 0 radical (unpaired) electrons. The standard InChI is InChI=1S/C25H23ClN6O3/c1-11(34-2)24-28-10-17-19(32-24)12(7-8-27-17)21-22(29-15-6-4-5-14(26)23(15)35-3)18-20(31-21)13-9-16(13)30-25(18)33/h4-8,10-11,13,16,29,31H,9H2,1-3H3,(H,30,33)/t11-,13-,16+/m0/s1. The van der Waals surface area contributed by atoms with E-state index in [1.165, 1.54) is 0 Å². The molecule has 1 aliphatic heterocycles. The maximum absolute atomic E-state index is 13.2. The number of para-hydroxylation sites is 1. The van der Waals surface area contributed by atoms with E-state index in [0.717, 1.165) is 23.4 Å². The third kappa shape index (κ3) is 3.50. The number of carbonyl (C=O) groups is 1. The van der Waals surface area contributed by atoms with Crippen molar-refractivity contribution in [3.05, 3.63) is 58.8 Å². The Morgan fingerprint density at radius 2 is 2.09 bits per heavy atom. The number of aromatic amines is 1. The van der Waals surface area contributed by atoms with Gasteiger partial charge in [-0.15, -0.1) is 0 Å². The second-order valence-corrected chi connectivity index (χ2v) is 9.14. The van der Waals surface area contributed by atoms with E-state index < -0.39 is 0 Å². The van der Waals surface area contributed by atoms with Crippen molar-refractivity contribution in [3.63, 3.8) is 0 Å². The van der Waals surface area contributed by atoms with Crippen molar-refractivity contribution >= 4 is 39.9 Å². The number of hydrogen-bond donors (Lipinski definition) is 3. The predicted molar refractivity (Wildman–Crippen MR) is 132 cm³/mol. The van der Waals surface area contributed by atoms with Crippen molar-refractivity contribution < 1.29 is 14.3 Å². The zero-order valence-electron chi connectivity index (χ0n) is 19.3. The minimum absolute atomic E-state index is 0.119. The molecule has 0 saturated heterocycles. The molecular weight excluding hydrogens is 468 g/mol. The van der Waals surface area contributed by atoms with Gasteiger partial charge in [0.15, 0.2) is 11.6 Å². The molecule has 1 aliphatic carbocycles. The van der Waals surface area contributed by atoms with Gasteiger partial charge < -0.3 is 25.1 Å². The highest BCUT2D eigenvalue weighted by atomic mass is 35.5. The molecule has 4 aromatic rings. The molecule has 178 valence electrons. The minimum Gasteiger partial charge on any atom is -0.493 e. The molecule has 2 aliphatic rings. The van der Waals surface area contributed by atoms with Crippen molar-refractivity contribution in [2.24, 2.45) is 0 Å². The molecule has 0 spiro atoms. The molecule has 10 heteroatoms. The molecule has 6 rings (SSSR count). The Bertz CT molecular complexity index is 1490. The summed E-state index contributed by atoms with van der Waals surface area (Å²) < 4.78 is 11.0. The van der Waals surface area contributed by atoms with Crippen LogP contribution in [0.4, 0.5) is 11.4 Å². The van der Waals surface area contributed by atoms with Crippen LogP contribution in [0.1, 0.15) is 47.2 Å². The number of benzene rings is 1. The van der Waals surface area contributed by atoms with Gasteiger partial charge in [0.2, 0.25) is 0 Å². The average Bonchev–Trinajstić information content (AvgIpc) is 3.55. The lowest BCUT2D eigenvalue weighted by Gasteiger charge is -2.17. The number of ether oxygens (including phenoxy) is 2. The zero-order chi connectivity index (χ0) is 24.3. The van der Waals surface area contributed by atoms with Crippen molar-refractivity contribution in [1.29, 1.82) is 0 Å². The van der Waals surface area contributed by atoms with E-state index >= 15 is 0 Å². The van der Waals surface area contributed by atoms with Crippen LogP contribution >= 0.6 is 11.6 Å². The van der Waals surface area contributed by atoms with Crippen molar-refractivity contribution in [1.82, 2.24) is 25.3 Å². The van der Waals surface area contributed by atoms with Gasteiger partial charge >= 0.3 is 0 Å². The number of carbonyl (C=O) groups excluding carboxylic acids is 1. The third-order valence-corrected chi connectivity index (χ3v) is 6.95. The Balaban J connectivity index is 1.59. The number of anilines is 2. The van der Waals surface area contributed by atoms with Crippen molar-refractivity contribution in [2.45, 2.75) is 31.4 Å². The maximum Gasteiger partial charge on any atom is 0.255 e. The van der Waals surface area contributed by atoms with Gasteiger partial charge in [-0.1, -0.05) is 17.7 Å². The summed E-state index contributed by atoms with van der Waals surface area (Å²) in [6.07, 6.45) is 4.03. The number of hydrogen-bond acceptors (Lipinski definition) is 7. The van der Waals surface area contributed by atoms with Gasteiger partial charge in [-0.25, -0.2) is 9.97 Å². The fraction of sp³-hybridized carbons (Fsp3) is 0.280. The average molecular weight is 491 g/mol. The van der Waals surface area contributed by atoms with E-state index in [1.54, 1.807) is 32.7 Å². The molecule has 4 heterocycles. The smallest absolute Gasteiger partial charge is 0.255 e. The maximum atomic E-state index is 13.2. The van der Waals surface area contributed by atoms with Crippen LogP contribution in [-0.2, 0) is 4.74 Å². The summed E-state index contributed by atoms with van der Waals surface area (Å²) in [5, 5.41) is 7.00. The predicted octanol–water partition coefficient (Wildman–Crippen LogP) is 4.73. The summed E-state index contributed by atoms with van der Waals surface area (Å²) in [5.74, 6) is 1.18. The lowest BCUT2D eigenvalue weighted by atomic mass is 10.0. The van der Waals surface area contributed by atoms with E-state index in [9.17, 15) is 4.79 Å². The third-order valence-electron chi connectivity index (χ3n) is 6.65. The first-order valence-corrected chi connectivity index (χ1v) is 11.7. The summed E-state index contributed by atoms with van der Waals surface area (Å²) in [5.41, 5.74) is 5.63. The van der Waals surface area contributed by atoms with Gasteiger partial charge in [0.25, 0.3) is 5.91 Å². The molecule has 3 N–H and O–H groups in total. The number of H-pyrrole nitrogens is 1. The fourth-order valence-corrected chi connectivity index (χ4v) is 4.93. The summed E-state index contributed by atoms with van der Waals surface area (Å²) in [6, 6.07) is 7.50. The van der Waals surface area contributed by atoms with E-state index in [1.807, 2.05) is 25.1 Å². The number of halogens is 1. The number of methoxy groups -OCH3 is 2. The number of aromatic nitrogens is 4. The van der Waals surface area contributed by atoms with E-state index in [2.05, 4.69) is 25.6 Å². The highest BCUT2D eigenvalue weighted by Gasteiger charge is 2.48. The first-order chi connectivity index (χ1) is 17.0. The van der Waals surface area contributed by atoms with E-state index in [-0.39, 0.29) is 24.0 Å². The summed E-state index contributed by atoms with van der Waals surface area (Å²) >= 11 is 6.38. The first kappa shape index (κ1) is 21.8. The molecule has 9 nitrogen and oxygen atoms in total. The van der Waals surface area contributed by atoms with Gasteiger partial charge in [0.1, 0.15) is 17.1 Å². The Kier molecular flexibility index (Phi) is 5.12. The molecule has 1 aromatic carbocycles. The van der Waals surface area contributed by atoms with Gasteiger partial charge in [-0.05, 0) is 31.5 Å². The van der Waals surface area contributed by atoms with Crippen molar-refractivity contribution in [3.8, 4) is 17.0 Å². The lowest BCUT2D eigenvalue weighted by molar-refractivity contribution is 0.0944. The van der Waals surface area contributed by atoms with Gasteiger partial charge in [0.05, 0.1) is 41.0 Å². The lowest BCUT2D eigenvalue weighted by Crippen LogP contribution is -2.31. The number of nitrogens with one attached hydrogen (secondary N) is 3. The van der Waals surface area contributed by atoms with Gasteiger partial charge in [-0.2, -0.15) is 0 Å². The SMILES string of the molecule is COc1c(Cl)cccc1Nc1c(-c2ccnc3cnc([C@H](C)OC)nc23)[nH]c2c1C(=O)N[C@@H]1C[C@H]21. The Labute approximate surface area is 206 Å². The molecular formula is C25H23ClN6O3. The zero-order valence-corrected chi connectivity index (χ0v) is 20.1. The number of amides is 1. The van der Waals surface area contributed by atoms with Crippen LogP contribution in [-0.4, -0.2) is 46.1 Å². The van der Waals surface area contributed by atoms with Crippen LogP contribution in [0.15, 0.2) is 36.7 Å². The quantitative estimate of drug-likeness (QED) is 0.358. The summed E-state index contributed by atoms with van der Waals surface area (Å²) in [4.78, 5) is 30.4. The van der Waals surface area contributed by atoms with Crippen LogP contribution in [0.2, 0.25) is 5.02 Å².